The fourth-order valence-electron chi connectivity index (χ4n) is 3.01. The van der Waals surface area contributed by atoms with Crippen molar-refractivity contribution < 1.29 is 22.4 Å². The molecule has 2 aliphatic rings. The van der Waals surface area contributed by atoms with Gasteiger partial charge in [-0.2, -0.15) is 0 Å². The fourth-order valence-corrected chi connectivity index (χ4v) is 3.26. The van der Waals surface area contributed by atoms with E-state index in [1.807, 2.05) is 0 Å². The maximum atomic E-state index is 13.6. The molecule has 0 bridgehead atoms. The summed E-state index contributed by atoms with van der Waals surface area (Å²) in [6, 6.07) is 4.77. The van der Waals surface area contributed by atoms with Crippen LogP contribution >= 0.6 is 11.6 Å². The van der Waals surface area contributed by atoms with Crippen LogP contribution in [0.3, 0.4) is 0 Å². The molecule has 1 aromatic rings. The monoisotopic (exact) mass is 388 g/mol. The molecule has 0 radical (unpaired) electrons. The van der Waals surface area contributed by atoms with Crippen LogP contribution < -0.4 is 10.6 Å². The van der Waals surface area contributed by atoms with Crippen molar-refractivity contribution in [3.05, 3.63) is 58.5 Å². The van der Waals surface area contributed by atoms with Crippen molar-refractivity contribution >= 4 is 17.5 Å². The normalized spacial score (nSPS) is 23.3. The van der Waals surface area contributed by atoms with Crippen LogP contribution in [-0.2, 0) is 4.79 Å². The lowest BCUT2D eigenvalue weighted by Crippen LogP contribution is -2.52. The minimum atomic E-state index is -2.77. The third-order valence-corrected chi connectivity index (χ3v) is 4.63. The van der Waals surface area contributed by atoms with Gasteiger partial charge in [-0.1, -0.05) is 29.8 Å². The SMILES string of the molecule is O=C(NC1CC(F)(F)C1)[C@@H](NC1=CC(F)CC(F)=C1)c1ccccc1Cl. The summed E-state index contributed by atoms with van der Waals surface area (Å²) in [5.41, 5.74) is 0.480. The molecule has 2 atom stereocenters. The first-order chi connectivity index (χ1) is 12.2. The van der Waals surface area contributed by atoms with E-state index in [4.69, 9.17) is 11.6 Å². The van der Waals surface area contributed by atoms with Crippen LogP contribution in [0.5, 0.6) is 0 Å². The molecule has 26 heavy (non-hydrogen) atoms. The van der Waals surface area contributed by atoms with E-state index >= 15 is 0 Å². The number of carbonyl (C=O) groups excluding carboxylic acids is 1. The van der Waals surface area contributed by atoms with Gasteiger partial charge in [-0.3, -0.25) is 4.79 Å². The summed E-state index contributed by atoms with van der Waals surface area (Å²) < 4.78 is 53.1. The summed E-state index contributed by atoms with van der Waals surface area (Å²) in [5.74, 6) is -4.02. The highest BCUT2D eigenvalue weighted by molar-refractivity contribution is 6.31. The van der Waals surface area contributed by atoms with Crippen LogP contribution in [0.2, 0.25) is 5.02 Å². The number of carbonyl (C=O) groups is 1. The lowest BCUT2D eigenvalue weighted by Gasteiger charge is -2.36. The van der Waals surface area contributed by atoms with Crippen LogP contribution in [-0.4, -0.2) is 24.0 Å². The van der Waals surface area contributed by atoms with Crippen molar-refractivity contribution in [3.63, 3.8) is 0 Å². The number of halogens is 5. The van der Waals surface area contributed by atoms with Crippen molar-refractivity contribution in [2.45, 2.75) is 43.4 Å². The molecule has 8 heteroatoms. The second-order valence-electron chi connectivity index (χ2n) is 6.50. The summed E-state index contributed by atoms with van der Waals surface area (Å²) in [6.07, 6.45) is -0.466. The highest BCUT2D eigenvalue weighted by Crippen LogP contribution is 2.38. The molecule has 0 aromatic heterocycles. The summed E-state index contributed by atoms with van der Waals surface area (Å²) in [7, 11) is 0. The van der Waals surface area contributed by atoms with Gasteiger partial charge >= 0.3 is 0 Å². The molecule has 2 N–H and O–H groups in total. The van der Waals surface area contributed by atoms with E-state index in [2.05, 4.69) is 10.6 Å². The van der Waals surface area contributed by atoms with Crippen LogP contribution in [0.1, 0.15) is 30.9 Å². The third-order valence-electron chi connectivity index (χ3n) is 4.29. The zero-order valence-electron chi connectivity index (χ0n) is 13.6. The van der Waals surface area contributed by atoms with E-state index < -0.39 is 48.8 Å². The van der Waals surface area contributed by atoms with Gasteiger partial charge < -0.3 is 10.6 Å². The summed E-state index contributed by atoms with van der Waals surface area (Å²) >= 11 is 6.14. The number of rotatable bonds is 5. The topological polar surface area (TPSA) is 41.1 Å². The lowest BCUT2D eigenvalue weighted by atomic mass is 9.88. The maximum absolute atomic E-state index is 13.6. The van der Waals surface area contributed by atoms with Gasteiger partial charge in [-0.25, -0.2) is 17.6 Å². The molecule has 0 heterocycles. The van der Waals surface area contributed by atoms with Crippen molar-refractivity contribution in [1.29, 1.82) is 0 Å². The van der Waals surface area contributed by atoms with Crippen molar-refractivity contribution in [2.75, 3.05) is 0 Å². The summed E-state index contributed by atoms with van der Waals surface area (Å²) in [5, 5.41) is 5.58. The Morgan fingerprint density at radius 1 is 1.27 bits per heavy atom. The average Bonchev–Trinajstić information content (AvgIpc) is 2.50. The van der Waals surface area contributed by atoms with Crippen LogP contribution in [0.15, 0.2) is 47.9 Å². The number of hydrogen-bond acceptors (Lipinski definition) is 2. The van der Waals surface area contributed by atoms with Gasteiger partial charge in [-0.15, -0.1) is 0 Å². The van der Waals surface area contributed by atoms with Gasteiger partial charge in [0.15, 0.2) is 0 Å². The van der Waals surface area contributed by atoms with E-state index in [-0.39, 0.29) is 17.1 Å². The lowest BCUT2D eigenvalue weighted by molar-refractivity contribution is -0.131. The molecular weight excluding hydrogens is 372 g/mol. The van der Waals surface area contributed by atoms with E-state index in [1.54, 1.807) is 24.3 Å². The van der Waals surface area contributed by atoms with E-state index in [1.165, 1.54) is 0 Å². The van der Waals surface area contributed by atoms with E-state index in [0.717, 1.165) is 12.2 Å². The van der Waals surface area contributed by atoms with Gasteiger partial charge in [0.25, 0.3) is 5.92 Å². The molecule has 1 amide bonds. The predicted molar refractivity (Wildman–Crippen MR) is 90.2 cm³/mol. The van der Waals surface area contributed by atoms with Crippen molar-refractivity contribution in [3.8, 4) is 0 Å². The summed E-state index contributed by atoms with van der Waals surface area (Å²) in [6.45, 7) is 0. The first-order valence-corrected chi connectivity index (χ1v) is 8.52. The van der Waals surface area contributed by atoms with Crippen LogP contribution in [0, 0.1) is 0 Å². The number of benzene rings is 1. The van der Waals surface area contributed by atoms with Gasteiger partial charge in [-0.05, 0) is 18.2 Å². The number of alkyl halides is 3. The Morgan fingerprint density at radius 2 is 1.96 bits per heavy atom. The zero-order chi connectivity index (χ0) is 18.9. The number of allylic oxidation sites excluding steroid dienone is 3. The molecule has 0 saturated heterocycles. The molecule has 3 nitrogen and oxygen atoms in total. The van der Waals surface area contributed by atoms with Gasteiger partial charge in [0, 0.05) is 41.6 Å². The molecule has 1 fully saturated rings. The number of hydrogen-bond donors (Lipinski definition) is 2. The Kier molecular flexibility index (Phi) is 5.27. The Balaban J connectivity index is 1.81. The standard InChI is InChI=1S/C18H17ClF4N2O/c19-15-4-2-1-3-14(15)16(17(26)25-13-8-18(22,23)9-13)24-12-6-10(20)5-11(21)7-12/h1-4,6-7,10,13,16,24H,5,8-9H2,(H,25,26)/t10?,16-/m0/s1. The number of nitrogens with one attached hydrogen (secondary N) is 2. The Bertz CT molecular complexity index is 757. The minimum absolute atomic E-state index is 0.0975. The third kappa shape index (κ3) is 4.38. The van der Waals surface area contributed by atoms with Crippen molar-refractivity contribution in [1.82, 2.24) is 10.6 Å². The quantitative estimate of drug-likeness (QED) is 0.736. The Labute approximate surface area is 153 Å². The first-order valence-electron chi connectivity index (χ1n) is 8.15. The molecule has 2 aliphatic carbocycles. The van der Waals surface area contributed by atoms with Gasteiger partial charge in [0.05, 0.1) is 0 Å². The van der Waals surface area contributed by atoms with Crippen LogP contribution in [0.25, 0.3) is 0 Å². The molecule has 1 unspecified atom stereocenters. The molecule has 140 valence electrons. The Hall–Kier alpha value is -2.02. The van der Waals surface area contributed by atoms with E-state index in [9.17, 15) is 22.4 Å². The molecule has 3 rings (SSSR count). The second-order valence-corrected chi connectivity index (χ2v) is 6.91. The minimum Gasteiger partial charge on any atom is -0.370 e. The molecule has 0 spiro atoms. The predicted octanol–water partition coefficient (Wildman–Crippen LogP) is 4.36. The highest BCUT2D eigenvalue weighted by Gasteiger charge is 2.46. The fraction of sp³-hybridized carbons (Fsp3) is 0.389. The van der Waals surface area contributed by atoms with Gasteiger partial charge in [0.2, 0.25) is 5.91 Å². The molecule has 0 aliphatic heterocycles. The zero-order valence-corrected chi connectivity index (χ0v) is 14.4. The highest BCUT2D eigenvalue weighted by atomic mass is 35.5. The average molecular weight is 389 g/mol. The summed E-state index contributed by atoms with van der Waals surface area (Å²) in [4.78, 5) is 12.6. The molecular formula is C18H17ClF4N2O. The molecule has 1 saturated carbocycles. The first kappa shape index (κ1) is 18.8. The maximum Gasteiger partial charge on any atom is 0.252 e. The largest absolute Gasteiger partial charge is 0.370 e. The Morgan fingerprint density at radius 3 is 2.58 bits per heavy atom. The van der Waals surface area contributed by atoms with Gasteiger partial charge in [0.1, 0.15) is 18.0 Å². The molecule has 1 aromatic carbocycles. The smallest absolute Gasteiger partial charge is 0.252 e. The number of amides is 1. The second kappa shape index (κ2) is 7.31. The van der Waals surface area contributed by atoms with Crippen molar-refractivity contribution in [2.24, 2.45) is 0 Å². The van der Waals surface area contributed by atoms with Crippen LogP contribution in [0.4, 0.5) is 17.6 Å². The van der Waals surface area contributed by atoms with E-state index in [0.29, 0.717) is 5.56 Å².